The molecule has 0 saturated heterocycles. The lowest BCUT2D eigenvalue weighted by Gasteiger charge is -2.22. The summed E-state index contributed by atoms with van der Waals surface area (Å²) in [6, 6.07) is 3.25. The van der Waals surface area contributed by atoms with Crippen molar-refractivity contribution in [1.29, 1.82) is 0 Å². The zero-order valence-corrected chi connectivity index (χ0v) is 10.9. The van der Waals surface area contributed by atoms with Crippen molar-refractivity contribution in [2.45, 2.75) is 42.9 Å². The van der Waals surface area contributed by atoms with Crippen molar-refractivity contribution in [3.05, 3.63) is 35.1 Å². The summed E-state index contributed by atoms with van der Waals surface area (Å²) in [5.41, 5.74) is 4.62. The van der Waals surface area contributed by atoms with Crippen LogP contribution in [0.2, 0.25) is 0 Å². The van der Waals surface area contributed by atoms with E-state index in [0.717, 1.165) is 37.8 Å². The fraction of sp³-hybridized carbons (Fsp3) is 0.571. The normalized spacial score (nSPS) is 22.6. The van der Waals surface area contributed by atoms with E-state index in [2.05, 4.69) is 5.32 Å². The summed E-state index contributed by atoms with van der Waals surface area (Å²) in [4.78, 5) is 0. The molecule has 0 heterocycles. The molecular formula is C14H16F4N2. The quantitative estimate of drug-likeness (QED) is 0.836. The van der Waals surface area contributed by atoms with Gasteiger partial charge in [0.25, 0.3) is 0 Å². The lowest BCUT2D eigenvalue weighted by molar-refractivity contribution is -0.140. The molecule has 3 N–H and O–H groups in total. The molecule has 0 spiro atoms. The van der Waals surface area contributed by atoms with Crippen LogP contribution < -0.4 is 11.1 Å². The minimum atomic E-state index is -4.66. The molecule has 1 aromatic rings. The van der Waals surface area contributed by atoms with Crippen LogP contribution >= 0.6 is 0 Å². The second-order valence-corrected chi connectivity index (χ2v) is 5.99. The molecule has 0 aliphatic heterocycles. The summed E-state index contributed by atoms with van der Waals surface area (Å²) in [6.07, 6.45) is -1.28. The average Bonchev–Trinajstić information content (AvgIpc) is 3.24. The summed E-state index contributed by atoms with van der Waals surface area (Å²) in [6.45, 7) is 0.589. The predicted octanol–water partition coefficient (Wildman–Crippen LogP) is 2.91. The lowest BCUT2D eigenvalue weighted by atomic mass is 10.0. The van der Waals surface area contributed by atoms with Gasteiger partial charge in [-0.3, -0.25) is 0 Å². The zero-order chi connectivity index (χ0) is 14.6. The Balaban J connectivity index is 1.83. The van der Waals surface area contributed by atoms with Crippen LogP contribution in [0.25, 0.3) is 0 Å². The Morgan fingerprint density at radius 3 is 2.30 bits per heavy atom. The van der Waals surface area contributed by atoms with E-state index < -0.39 is 23.1 Å². The fourth-order valence-corrected chi connectivity index (χ4v) is 2.42. The number of halogens is 4. The molecule has 110 valence electrons. The molecule has 2 aliphatic carbocycles. The standard InChI is InChI=1S/C14H16F4N2/c15-11-2-1-9(7-10(11)14(16,17)18)13(5-6-13)20-8-12(19)3-4-12/h1-2,7,20H,3-6,8,19H2. The Hall–Kier alpha value is -1.14. The van der Waals surface area contributed by atoms with Gasteiger partial charge in [-0.2, -0.15) is 13.2 Å². The van der Waals surface area contributed by atoms with E-state index in [1.165, 1.54) is 6.07 Å². The third-order valence-electron chi connectivity index (χ3n) is 4.25. The first-order valence-electron chi connectivity index (χ1n) is 6.65. The van der Waals surface area contributed by atoms with Crippen molar-refractivity contribution < 1.29 is 17.6 Å². The number of nitrogens with one attached hydrogen (secondary N) is 1. The van der Waals surface area contributed by atoms with Crippen molar-refractivity contribution in [2.75, 3.05) is 6.54 Å². The number of nitrogens with two attached hydrogens (primary N) is 1. The van der Waals surface area contributed by atoms with Crippen LogP contribution in [0, 0.1) is 5.82 Å². The monoisotopic (exact) mass is 288 g/mol. The van der Waals surface area contributed by atoms with Gasteiger partial charge >= 0.3 is 6.18 Å². The Morgan fingerprint density at radius 2 is 1.80 bits per heavy atom. The molecule has 0 unspecified atom stereocenters. The molecule has 3 rings (SSSR count). The van der Waals surface area contributed by atoms with Gasteiger partial charge in [-0.05, 0) is 43.4 Å². The Morgan fingerprint density at radius 1 is 1.15 bits per heavy atom. The van der Waals surface area contributed by atoms with Gasteiger partial charge in [-0.15, -0.1) is 0 Å². The van der Waals surface area contributed by atoms with E-state index in [1.54, 1.807) is 0 Å². The van der Waals surface area contributed by atoms with E-state index in [0.29, 0.717) is 12.1 Å². The van der Waals surface area contributed by atoms with Crippen LogP contribution in [-0.4, -0.2) is 12.1 Å². The first-order chi connectivity index (χ1) is 9.24. The Labute approximate surface area is 114 Å². The van der Waals surface area contributed by atoms with Gasteiger partial charge in [0, 0.05) is 17.6 Å². The van der Waals surface area contributed by atoms with Crippen LogP contribution in [0.5, 0.6) is 0 Å². The third-order valence-corrected chi connectivity index (χ3v) is 4.25. The van der Waals surface area contributed by atoms with Gasteiger partial charge in [0.2, 0.25) is 0 Å². The van der Waals surface area contributed by atoms with Crippen molar-refractivity contribution in [2.24, 2.45) is 5.73 Å². The molecule has 2 saturated carbocycles. The minimum Gasteiger partial charge on any atom is -0.324 e. The maximum absolute atomic E-state index is 13.3. The Kier molecular flexibility index (Phi) is 2.89. The number of hydrogen-bond acceptors (Lipinski definition) is 2. The predicted molar refractivity (Wildman–Crippen MR) is 66.5 cm³/mol. The van der Waals surface area contributed by atoms with Gasteiger partial charge in [-0.25, -0.2) is 4.39 Å². The summed E-state index contributed by atoms with van der Waals surface area (Å²) >= 11 is 0. The second kappa shape index (κ2) is 4.18. The summed E-state index contributed by atoms with van der Waals surface area (Å²) < 4.78 is 51.5. The van der Waals surface area contributed by atoms with E-state index in [4.69, 9.17) is 5.73 Å². The van der Waals surface area contributed by atoms with E-state index in [9.17, 15) is 17.6 Å². The molecule has 0 radical (unpaired) electrons. The number of rotatable bonds is 4. The summed E-state index contributed by atoms with van der Waals surface area (Å²) in [5.74, 6) is -1.23. The highest BCUT2D eigenvalue weighted by molar-refractivity contribution is 5.36. The topological polar surface area (TPSA) is 38.0 Å². The third kappa shape index (κ3) is 2.54. The number of hydrogen-bond donors (Lipinski definition) is 2. The van der Waals surface area contributed by atoms with Gasteiger partial charge < -0.3 is 11.1 Å². The summed E-state index contributed by atoms with van der Waals surface area (Å²) in [5, 5.41) is 3.27. The fourth-order valence-electron chi connectivity index (χ4n) is 2.42. The second-order valence-electron chi connectivity index (χ2n) is 5.99. The van der Waals surface area contributed by atoms with Crippen LogP contribution in [0.15, 0.2) is 18.2 Å². The maximum atomic E-state index is 13.3. The molecule has 0 aromatic heterocycles. The first kappa shape index (κ1) is 13.8. The van der Waals surface area contributed by atoms with Crippen LogP contribution in [-0.2, 0) is 11.7 Å². The highest BCUT2D eigenvalue weighted by Gasteiger charge is 2.48. The van der Waals surface area contributed by atoms with Gasteiger partial charge in [-0.1, -0.05) is 6.07 Å². The van der Waals surface area contributed by atoms with Crippen molar-refractivity contribution in [3.8, 4) is 0 Å². The highest BCUT2D eigenvalue weighted by atomic mass is 19.4. The first-order valence-corrected chi connectivity index (χ1v) is 6.65. The highest BCUT2D eigenvalue weighted by Crippen LogP contribution is 2.48. The molecule has 6 heteroatoms. The van der Waals surface area contributed by atoms with Crippen LogP contribution in [0.4, 0.5) is 17.6 Å². The zero-order valence-electron chi connectivity index (χ0n) is 10.9. The van der Waals surface area contributed by atoms with Gasteiger partial charge in [0.1, 0.15) is 5.82 Å². The SMILES string of the molecule is NC1(CNC2(c3ccc(F)c(C(F)(F)F)c3)CC2)CC1. The van der Waals surface area contributed by atoms with Crippen molar-refractivity contribution >= 4 is 0 Å². The molecule has 2 aliphatic rings. The van der Waals surface area contributed by atoms with Gasteiger partial charge in [0.15, 0.2) is 0 Å². The summed E-state index contributed by atoms with van der Waals surface area (Å²) in [7, 11) is 0. The average molecular weight is 288 g/mol. The van der Waals surface area contributed by atoms with Crippen molar-refractivity contribution in [1.82, 2.24) is 5.32 Å². The smallest absolute Gasteiger partial charge is 0.324 e. The van der Waals surface area contributed by atoms with E-state index in [-0.39, 0.29) is 5.54 Å². The van der Waals surface area contributed by atoms with Crippen LogP contribution in [0.1, 0.15) is 36.8 Å². The number of alkyl halides is 3. The maximum Gasteiger partial charge on any atom is 0.419 e. The van der Waals surface area contributed by atoms with Crippen molar-refractivity contribution in [3.63, 3.8) is 0 Å². The molecule has 2 nitrogen and oxygen atoms in total. The molecule has 0 atom stereocenters. The molecule has 0 amide bonds. The molecular weight excluding hydrogens is 272 g/mol. The molecule has 2 fully saturated rings. The minimum absolute atomic E-state index is 0.206. The lowest BCUT2D eigenvalue weighted by Crippen LogP contribution is -2.41. The largest absolute Gasteiger partial charge is 0.419 e. The van der Waals surface area contributed by atoms with Crippen LogP contribution in [0.3, 0.4) is 0 Å². The van der Waals surface area contributed by atoms with E-state index >= 15 is 0 Å². The molecule has 20 heavy (non-hydrogen) atoms. The Bertz CT molecular complexity index is 530. The van der Waals surface area contributed by atoms with E-state index in [1.807, 2.05) is 0 Å². The number of benzene rings is 1. The van der Waals surface area contributed by atoms with Gasteiger partial charge in [0.05, 0.1) is 5.56 Å². The molecule has 0 bridgehead atoms. The molecule has 1 aromatic carbocycles.